The number of primary amides is 1. The first-order valence-corrected chi connectivity index (χ1v) is 8.17. The quantitative estimate of drug-likeness (QED) is 0.882. The predicted octanol–water partition coefficient (Wildman–Crippen LogP) is 1.35. The second-order valence-corrected chi connectivity index (χ2v) is 6.22. The zero-order chi connectivity index (χ0) is 16.3. The van der Waals surface area contributed by atoms with Gasteiger partial charge in [-0.2, -0.15) is 0 Å². The SMILES string of the molecule is NC(=O)NC1CCN(C(=O)C2(c3ccccc3)CCCO2)CC1. The Morgan fingerprint density at radius 3 is 2.48 bits per heavy atom. The molecule has 3 N–H and O–H groups in total. The van der Waals surface area contributed by atoms with Gasteiger partial charge in [0.25, 0.3) is 5.91 Å². The van der Waals surface area contributed by atoms with Crippen LogP contribution in [0.25, 0.3) is 0 Å². The van der Waals surface area contributed by atoms with E-state index < -0.39 is 11.6 Å². The maximum absolute atomic E-state index is 13.1. The van der Waals surface area contributed by atoms with Crippen molar-refractivity contribution in [2.24, 2.45) is 5.73 Å². The van der Waals surface area contributed by atoms with E-state index in [1.54, 1.807) is 0 Å². The molecule has 3 rings (SSSR count). The van der Waals surface area contributed by atoms with Crippen LogP contribution in [0.2, 0.25) is 0 Å². The Morgan fingerprint density at radius 2 is 1.91 bits per heavy atom. The Labute approximate surface area is 136 Å². The third kappa shape index (κ3) is 3.17. The Hall–Kier alpha value is -2.08. The van der Waals surface area contributed by atoms with Crippen molar-refractivity contribution >= 4 is 11.9 Å². The lowest BCUT2D eigenvalue weighted by Gasteiger charge is -2.38. The summed E-state index contributed by atoms with van der Waals surface area (Å²) in [7, 11) is 0. The van der Waals surface area contributed by atoms with Crippen molar-refractivity contribution in [3.63, 3.8) is 0 Å². The van der Waals surface area contributed by atoms with Crippen LogP contribution in [0.4, 0.5) is 4.79 Å². The molecule has 1 unspecified atom stereocenters. The Kier molecular flexibility index (Phi) is 4.52. The molecule has 0 aromatic heterocycles. The molecule has 3 amide bonds. The van der Waals surface area contributed by atoms with E-state index in [9.17, 15) is 9.59 Å². The van der Waals surface area contributed by atoms with Gasteiger partial charge >= 0.3 is 6.03 Å². The van der Waals surface area contributed by atoms with Crippen molar-refractivity contribution in [1.82, 2.24) is 10.2 Å². The molecule has 2 saturated heterocycles. The third-order valence-electron chi connectivity index (χ3n) is 4.74. The smallest absolute Gasteiger partial charge is 0.312 e. The Balaban J connectivity index is 1.72. The summed E-state index contributed by atoms with van der Waals surface area (Å²) >= 11 is 0. The van der Waals surface area contributed by atoms with Crippen LogP contribution in [0.3, 0.4) is 0 Å². The number of nitrogens with zero attached hydrogens (tertiary/aromatic N) is 1. The van der Waals surface area contributed by atoms with Crippen LogP contribution in [0.1, 0.15) is 31.2 Å². The fraction of sp³-hybridized carbons (Fsp3) is 0.529. The van der Waals surface area contributed by atoms with E-state index in [1.807, 2.05) is 35.2 Å². The zero-order valence-corrected chi connectivity index (χ0v) is 13.2. The average Bonchev–Trinajstić information content (AvgIpc) is 3.06. The minimum atomic E-state index is -0.842. The molecular formula is C17H23N3O3. The highest BCUT2D eigenvalue weighted by Gasteiger charge is 2.47. The van der Waals surface area contributed by atoms with E-state index >= 15 is 0 Å². The Morgan fingerprint density at radius 1 is 1.22 bits per heavy atom. The van der Waals surface area contributed by atoms with Crippen molar-refractivity contribution in [3.8, 4) is 0 Å². The van der Waals surface area contributed by atoms with Gasteiger partial charge < -0.3 is 20.7 Å². The van der Waals surface area contributed by atoms with Gasteiger partial charge in [-0.1, -0.05) is 30.3 Å². The maximum Gasteiger partial charge on any atom is 0.312 e. The fourth-order valence-corrected chi connectivity index (χ4v) is 3.55. The standard InChI is InChI=1S/C17H23N3O3/c18-16(22)19-14-7-10-20(11-8-14)15(21)17(9-4-12-23-17)13-5-2-1-3-6-13/h1-3,5-6,14H,4,7-12H2,(H3,18,19,22). The lowest BCUT2D eigenvalue weighted by atomic mass is 9.88. The van der Waals surface area contributed by atoms with Crippen LogP contribution >= 0.6 is 0 Å². The van der Waals surface area contributed by atoms with Gasteiger partial charge in [-0.05, 0) is 31.2 Å². The molecule has 6 heteroatoms. The van der Waals surface area contributed by atoms with Gasteiger partial charge in [-0.15, -0.1) is 0 Å². The summed E-state index contributed by atoms with van der Waals surface area (Å²) in [5.41, 5.74) is 5.25. The number of carbonyl (C=O) groups is 2. The second-order valence-electron chi connectivity index (χ2n) is 6.22. The summed E-state index contributed by atoms with van der Waals surface area (Å²) in [6.07, 6.45) is 3.05. The number of urea groups is 1. The zero-order valence-electron chi connectivity index (χ0n) is 13.2. The molecule has 2 heterocycles. The number of likely N-dealkylation sites (tertiary alicyclic amines) is 1. The predicted molar refractivity (Wildman–Crippen MR) is 85.6 cm³/mol. The molecule has 23 heavy (non-hydrogen) atoms. The molecule has 0 spiro atoms. The van der Waals surface area contributed by atoms with Crippen molar-refractivity contribution < 1.29 is 14.3 Å². The number of piperidine rings is 1. The molecule has 1 aromatic carbocycles. The number of carbonyl (C=O) groups excluding carboxylic acids is 2. The third-order valence-corrected chi connectivity index (χ3v) is 4.74. The summed E-state index contributed by atoms with van der Waals surface area (Å²) in [5, 5.41) is 2.72. The largest absolute Gasteiger partial charge is 0.360 e. The highest BCUT2D eigenvalue weighted by atomic mass is 16.5. The van der Waals surface area contributed by atoms with E-state index in [0.717, 1.165) is 31.2 Å². The highest BCUT2D eigenvalue weighted by molar-refractivity contribution is 5.87. The topological polar surface area (TPSA) is 84.7 Å². The van der Waals surface area contributed by atoms with Crippen LogP contribution in [-0.2, 0) is 15.1 Å². The monoisotopic (exact) mass is 317 g/mol. The van der Waals surface area contributed by atoms with Crippen molar-refractivity contribution in [1.29, 1.82) is 0 Å². The van der Waals surface area contributed by atoms with Crippen LogP contribution in [0.15, 0.2) is 30.3 Å². The van der Waals surface area contributed by atoms with Gasteiger partial charge in [0.1, 0.15) is 0 Å². The summed E-state index contributed by atoms with van der Waals surface area (Å²) in [6.45, 7) is 1.84. The molecule has 2 fully saturated rings. The first-order chi connectivity index (χ1) is 11.1. The molecule has 1 aromatic rings. The summed E-state index contributed by atoms with van der Waals surface area (Å²) < 4.78 is 5.95. The van der Waals surface area contributed by atoms with Crippen LogP contribution < -0.4 is 11.1 Å². The van der Waals surface area contributed by atoms with Crippen molar-refractivity contribution in [3.05, 3.63) is 35.9 Å². The molecule has 0 aliphatic carbocycles. The number of amides is 3. The van der Waals surface area contributed by atoms with Gasteiger partial charge in [-0.3, -0.25) is 4.79 Å². The molecule has 2 aliphatic rings. The molecular weight excluding hydrogens is 294 g/mol. The number of nitrogens with one attached hydrogen (secondary N) is 1. The van der Waals surface area contributed by atoms with Crippen molar-refractivity contribution in [2.75, 3.05) is 19.7 Å². The lowest BCUT2D eigenvalue weighted by molar-refractivity contribution is -0.155. The number of hydrogen-bond acceptors (Lipinski definition) is 3. The van der Waals surface area contributed by atoms with Gasteiger partial charge in [0, 0.05) is 25.7 Å². The first kappa shape index (κ1) is 15.8. The Bertz CT molecular complexity index is 562. The normalized spacial score (nSPS) is 25.3. The molecule has 0 radical (unpaired) electrons. The number of nitrogens with two attached hydrogens (primary N) is 1. The van der Waals surface area contributed by atoms with Gasteiger partial charge in [-0.25, -0.2) is 4.79 Å². The van der Waals surface area contributed by atoms with Crippen LogP contribution in [0.5, 0.6) is 0 Å². The molecule has 0 bridgehead atoms. The van der Waals surface area contributed by atoms with E-state index in [-0.39, 0.29) is 11.9 Å². The number of rotatable bonds is 3. The number of hydrogen-bond donors (Lipinski definition) is 2. The van der Waals surface area contributed by atoms with E-state index in [2.05, 4.69) is 5.32 Å². The first-order valence-electron chi connectivity index (χ1n) is 8.17. The fourth-order valence-electron chi connectivity index (χ4n) is 3.55. The summed E-state index contributed by atoms with van der Waals surface area (Å²) in [5.74, 6) is 0.0405. The molecule has 2 aliphatic heterocycles. The summed E-state index contributed by atoms with van der Waals surface area (Å²) in [4.78, 5) is 25.9. The van der Waals surface area contributed by atoms with E-state index in [4.69, 9.17) is 10.5 Å². The lowest BCUT2D eigenvalue weighted by Crippen LogP contribution is -2.53. The van der Waals surface area contributed by atoms with Crippen LogP contribution in [-0.4, -0.2) is 42.6 Å². The van der Waals surface area contributed by atoms with Gasteiger partial charge in [0.15, 0.2) is 5.60 Å². The highest BCUT2D eigenvalue weighted by Crippen LogP contribution is 2.38. The van der Waals surface area contributed by atoms with E-state index in [1.165, 1.54) is 0 Å². The molecule has 1 atom stereocenters. The number of benzene rings is 1. The van der Waals surface area contributed by atoms with Gasteiger partial charge in [0.05, 0.1) is 0 Å². The van der Waals surface area contributed by atoms with Crippen molar-refractivity contribution in [2.45, 2.75) is 37.3 Å². The van der Waals surface area contributed by atoms with Gasteiger partial charge in [0.2, 0.25) is 0 Å². The molecule has 124 valence electrons. The molecule has 6 nitrogen and oxygen atoms in total. The number of ether oxygens (including phenoxy) is 1. The second kappa shape index (κ2) is 6.58. The molecule has 0 saturated carbocycles. The minimum Gasteiger partial charge on any atom is -0.360 e. The van der Waals surface area contributed by atoms with E-state index in [0.29, 0.717) is 19.7 Å². The maximum atomic E-state index is 13.1. The summed E-state index contributed by atoms with van der Waals surface area (Å²) in [6, 6.07) is 9.29. The average molecular weight is 317 g/mol. The minimum absolute atomic E-state index is 0.0405. The van der Waals surface area contributed by atoms with Crippen LogP contribution in [0, 0.1) is 0 Å².